The summed E-state index contributed by atoms with van der Waals surface area (Å²) in [6.45, 7) is 9.55. The molecule has 1 aliphatic heterocycles. The molecule has 2 aliphatic rings. The number of hydrogen-bond donors (Lipinski definition) is 1. The molecule has 1 atom stereocenters. The number of carbonyl (C=O) groups excluding carboxylic acids is 1. The Bertz CT molecular complexity index is 577. The van der Waals surface area contributed by atoms with Crippen molar-refractivity contribution < 1.29 is 4.79 Å². The molecule has 1 saturated heterocycles. The standard InChI is InChI=1S/C18H29N5O/c1-13-12-19-14(2)17(20-13)23-10-8-22(9-11-23)15(3)18(24)21-16-6-4-5-7-16/h12,15-16H,4-11H2,1-3H3,(H,21,24)/t15-/m1/s1. The molecule has 0 spiro atoms. The van der Waals surface area contributed by atoms with Gasteiger partial charge in [-0.2, -0.15) is 0 Å². The van der Waals surface area contributed by atoms with Crippen LogP contribution in [0.25, 0.3) is 0 Å². The van der Waals surface area contributed by atoms with E-state index in [-0.39, 0.29) is 11.9 Å². The van der Waals surface area contributed by atoms with Gasteiger partial charge >= 0.3 is 0 Å². The van der Waals surface area contributed by atoms with E-state index in [4.69, 9.17) is 0 Å². The monoisotopic (exact) mass is 331 g/mol. The quantitative estimate of drug-likeness (QED) is 0.909. The van der Waals surface area contributed by atoms with Gasteiger partial charge in [-0.1, -0.05) is 12.8 Å². The number of carbonyl (C=O) groups is 1. The lowest BCUT2D eigenvalue weighted by Crippen LogP contribution is -2.55. The van der Waals surface area contributed by atoms with Crippen molar-refractivity contribution in [3.8, 4) is 0 Å². The number of aromatic nitrogens is 2. The second-order valence-corrected chi connectivity index (χ2v) is 7.11. The lowest BCUT2D eigenvalue weighted by atomic mass is 10.2. The second kappa shape index (κ2) is 7.47. The van der Waals surface area contributed by atoms with E-state index in [2.05, 4.69) is 25.1 Å². The highest BCUT2D eigenvalue weighted by molar-refractivity contribution is 5.81. The first-order valence-corrected chi connectivity index (χ1v) is 9.14. The Hall–Kier alpha value is -1.69. The lowest BCUT2D eigenvalue weighted by Gasteiger charge is -2.38. The van der Waals surface area contributed by atoms with Crippen molar-refractivity contribution >= 4 is 11.7 Å². The molecule has 6 heteroatoms. The maximum Gasteiger partial charge on any atom is 0.237 e. The van der Waals surface area contributed by atoms with Crippen molar-refractivity contribution in [1.29, 1.82) is 0 Å². The number of nitrogens with zero attached hydrogens (tertiary/aromatic N) is 4. The molecule has 6 nitrogen and oxygen atoms in total. The van der Waals surface area contributed by atoms with E-state index < -0.39 is 0 Å². The van der Waals surface area contributed by atoms with Crippen LogP contribution in [0.3, 0.4) is 0 Å². The molecule has 3 rings (SSSR count). The summed E-state index contributed by atoms with van der Waals surface area (Å²) in [7, 11) is 0. The molecule has 0 radical (unpaired) electrons. The Labute approximate surface area is 144 Å². The molecule has 24 heavy (non-hydrogen) atoms. The lowest BCUT2D eigenvalue weighted by molar-refractivity contribution is -0.126. The molecule has 2 fully saturated rings. The summed E-state index contributed by atoms with van der Waals surface area (Å²) in [5, 5.41) is 3.22. The van der Waals surface area contributed by atoms with Crippen LogP contribution >= 0.6 is 0 Å². The van der Waals surface area contributed by atoms with Crippen LogP contribution in [-0.2, 0) is 4.79 Å². The smallest absolute Gasteiger partial charge is 0.237 e. The minimum atomic E-state index is -0.0579. The number of piperazine rings is 1. The summed E-state index contributed by atoms with van der Waals surface area (Å²) in [4.78, 5) is 26.1. The van der Waals surface area contributed by atoms with E-state index in [1.54, 1.807) is 0 Å². The Morgan fingerprint density at radius 1 is 1.21 bits per heavy atom. The molecule has 0 unspecified atom stereocenters. The van der Waals surface area contributed by atoms with Gasteiger partial charge in [-0.3, -0.25) is 14.7 Å². The first kappa shape index (κ1) is 17.1. The largest absolute Gasteiger partial charge is 0.353 e. The Balaban J connectivity index is 1.54. The Morgan fingerprint density at radius 3 is 2.54 bits per heavy atom. The highest BCUT2D eigenvalue weighted by Gasteiger charge is 2.28. The summed E-state index contributed by atoms with van der Waals surface area (Å²) >= 11 is 0. The van der Waals surface area contributed by atoms with Gasteiger partial charge in [-0.15, -0.1) is 0 Å². The Kier molecular flexibility index (Phi) is 5.33. The highest BCUT2D eigenvalue weighted by Crippen LogP contribution is 2.20. The van der Waals surface area contributed by atoms with E-state index in [0.717, 1.165) is 56.2 Å². The van der Waals surface area contributed by atoms with Crippen LogP contribution in [0.4, 0.5) is 5.82 Å². The number of amides is 1. The normalized spacial score (nSPS) is 21.0. The first-order chi connectivity index (χ1) is 11.5. The number of aryl methyl sites for hydroxylation is 2. The zero-order valence-corrected chi connectivity index (χ0v) is 15.1. The van der Waals surface area contributed by atoms with Crippen molar-refractivity contribution in [2.45, 2.75) is 58.5 Å². The number of nitrogens with one attached hydrogen (secondary N) is 1. The molecular formula is C18H29N5O. The van der Waals surface area contributed by atoms with Crippen LogP contribution in [0.15, 0.2) is 6.20 Å². The summed E-state index contributed by atoms with van der Waals surface area (Å²) in [5.41, 5.74) is 1.92. The summed E-state index contributed by atoms with van der Waals surface area (Å²) in [6, 6.07) is 0.337. The van der Waals surface area contributed by atoms with Gasteiger partial charge in [-0.25, -0.2) is 4.98 Å². The third-order valence-corrected chi connectivity index (χ3v) is 5.29. The van der Waals surface area contributed by atoms with Crippen LogP contribution in [0.5, 0.6) is 0 Å². The molecule has 1 amide bonds. The molecule has 1 aromatic heterocycles. The average molecular weight is 331 g/mol. The van der Waals surface area contributed by atoms with Crippen LogP contribution in [0.1, 0.15) is 44.0 Å². The molecular weight excluding hydrogens is 302 g/mol. The fourth-order valence-corrected chi connectivity index (χ4v) is 3.70. The van der Waals surface area contributed by atoms with Gasteiger partial charge in [0.25, 0.3) is 0 Å². The molecule has 1 N–H and O–H groups in total. The van der Waals surface area contributed by atoms with E-state index in [0.29, 0.717) is 6.04 Å². The van der Waals surface area contributed by atoms with Crippen molar-refractivity contribution in [2.24, 2.45) is 0 Å². The molecule has 1 saturated carbocycles. The summed E-state index contributed by atoms with van der Waals surface area (Å²) < 4.78 is 0. The highest BCUT2D eigenvalue weighted by atomic mass is 16.2. The zero-order valence-electron chi connectivity index (χ0n) is 15.1. The Morgan fingerprint density at radius 2 is 1.88 bits per heavy atom. The fraction of sp³-hybridized carbons (Fsp3) is 0.722. The molecule has 0 aromatic carbocycles. The molecule has 1 aliphatic carbocycles. The third kappa shape index (κ3) is 3.86. The minimum absolute atomic E-state index is 0.0579. The van der Waals surface area contributed by atoms with Crippen LogP contribution in [0.2, 0.25) is 0 Å². The predicted octanol–water partition coefficient (Wildman–Crippen LogP) is 1.66. The predicted molar refractivity (Wildman–Crippen MR) is 95.2 cm³/mol. The molecule has 0 bridgehead atoms. The van der Waals surface area contributed by atoms with Crippen LogP contribution in [0, 0.1) is 13.8 Å². The number of rotatable bonds is 4. The van der Waals surface area contributed by atoms with Crippen molar-refractivity contribution in [3.05, 3.63) is 17.6 Å². The van der Waals surface area contributed by atoms with Gasteiger partial charge in [-0.05, 0) is 33.6 Å². The summed E-state index contributed by atoms with van der Waals surface area (Å²) in [6.07, 6.45) is 6.57. The van der Waals surface area contributed by atoms with Crippen LogP contribution < -0.4 is 10.2 Å². The van der Waals surface area contributed by atoms with E-state index in [9.17, 15) is 4.79 Å². The van der Waals surface area contributed by atoms with E-state index in [1.807, 2.05) is 27.0 Å². The van der Waals surface area contributed by atoms with Crippen molar-refractivity contribution in [2.75, 3.05) is 31.1 Å². The fourth-order valence-electron chi connectivity index (χ4n) is 3.70. The maximum atomic E-state index is 12.5. The average Bonchev–Trinajstić information content (AvgIpc) is 3.09. The van der Waals surface area contributed by atoms with Gasteiger partial charge in [0.2, 0.25) is 5.91 Å². The number of hydrogen-bond acceptors (Lipinski definition) is 5. The van der Waals surface area contributed by atoms with Gasteiger partial charge < -0.3 is 10.2 Å². The molecule has 132 valence electrons. The third-order valence-electron chi connectivity index (χ3n) is 5.29. The second-order valence-electron chi connectivity index (χ2n) is 7.11. The van der Waals surface area contributed by atoms with E-state index >= 15 is 0 Å². The number of anilines is 1. The SMILES string of the molecule is Cc1cnc(C)c(N2CCN([C@H](C)C(=O)NC3CCCC3)CC2)n1. The van der Waals surface area contributed by atoms with Crippen molar-refractivity contribution in [3.63, 3.8) is 0 Å². The van der Waals surface area contributed by atoms with Crippen LogP contribution in [-0.4, -0.2) is 59.0 Å². The first-order valence-electron chi connectivity index (χ1n) is 9.14. The van der Waals surface area contributed by atoms with Gasteiger partial charge in [0.05, 0.1) is 17.4 Å². The van der Waals surface area contributed by atoms with E-state index in [1.165, 1.54) is 12.8 Å². The topological polar surface area (TPSA) is 61.4 Å². The minimum Gasteiger partial charge on any atom is -0.353 e. The zero-order chi connectivity index (χ0) is 17.1. The van der Waals surface area contributed by atoms with Gasteiger partial charge in [0.15, 0.2) is 0 Å². The molecule has 2 heterocycles. The van der Waals surface area contributed by atoms with Gasteiger partial charge in [0.1, 0.15) is 5.82 Å². The summed E-state index contributed by atoms with van der Waals surface area (Å²) in [5.74, 6) is 1.17. The van der Waals surface area contributed by atoms with Gasteiger partial charge in [0, 0.05) is 38.4 Å². The maximum absolute atomic E-state index is 12.5. The van der Waals surface area contributed by atoms with Crippen molar-refractivity contribution in [1.82, 2.24) is 20.2 Å². The molecule has 1 aromatic rings.